The number of amides is 1. The zero-order valence-corrected chi connectivity index (χ0v) is 16.2. The van der Waals surface area contributed by atoms with Gasteiger partial charge in [-0.3, -0.25) is 4.79 Å². The summed E-state index contributed by atoms with van der Waals surface area (Å²) in [6, 6.07) is 12.4. The minimum atomic E-state index is 0.0879. The summed E-state index contributed by atoms with van der Waals surface area (Å²) in [4.78, 5) is 19.7. The fourth-order valence-electron chi connectivity index (χ4n) is 4.42. The zero-order valence-electron chi connectivity index (χ0n) is 16.2. The zero-order chi connectivity index (χ0) is 19.1. The molecule has 1 aliphatic heterocycles. The van der Waals surface area contributed by atoms with E-state index in [2.05, 4.69) is 50.1 Å². The molecule has 1 aromatic heterocycles. The molecule has 1 aliphatic rings. The predicted molar refractivity (Wildman–Crippen MR) is 110 cm³/mol. The van der Waals surface area contributed by atoms with Crippen LogP contribution in [-0.4, -0.2) is 22.0 Å². The molecule has 2 heterocycles. The van der Waals surface area contributed by atoms with E-state index in [9.17, 15) is 4.79 Å². The van der Waals surface area contributed by atoms with Crippen molar-refractivity contribution in [3.05, 3.63) is 71.6 Å². The minimum absolute atomic E-state index is 0.0879. The molecule has 1 atom stereocenters. The van der Waals surface area contributed by atoms with E-state index in [4.69, 9.17) is 4.98 Å². The molecule has 3 aromatic rings. The van der Waals surface area contributed by atoms with E-state index in [1.807, 2.05) is 29.2 Å². The lowest BCUT2D eigenvalue weighted by Crippen LogP contribution is -2.26. The van der Waals surface area contributed by atoms with E-state index in [1.165, 1.54) is 5.56 Å². The molecule has 0 unspecified atom stereocenters. The Bertz CT molecular complexity index is 1020. The van der Waals surface area contributed by atoms with Crippen LogP contribution in [0.5, 0.6) is 0 Å². The van der Waals surface area contributed by atoms with Crippen LogP contribution < -0.4 is 4.90 Å². The van der Waals surface area contributed by atoms with Gasteiger partial charge in [0.1, 0.15) is 5.82 Å². The normalized spacial score (nSPS) is 17.1. The maximum atomic E-state index is 12.9. The molecule has 4 heteroatoms. The molecule has 4 nitrogen and oxygen atoms in total. The summed E-state index contributed by atoms with van der Waals surface area (Å²) in [5.74, 6) is 1.24. The largest absolute Gasteiger partial charge is 0.324 e. The molecule has 0 saturated carbocycles. The number of fused-ring (bicyclic) bond motifs is 1. The van der Waals surface area contributed by atoms with Gasteiger partial charge < -0.3 is 9.47 Å². The van der Waals surface area contributed by atoms with Crippen molar-refractivity contribution in [2.24, 2.45) is 0 Å². The van der Waals surface area contributed by atoms with Gasteiger partial charge in [-0.15, -0.1) is 6.58 Å². The highest BCUT2D eigenvalue weighted by Crippen LogP contribution is 2.36. The summed E-state index contributed by atoms with van der Waals surface area (Å²) in [5.41, 5.74) is 6.66. The van der Waals surface area contributed by atoms with E-state index in [-0.39, 0.29) is 11.8 Å². The first-order valence-electron chi connectivity index (χ1n) is 9.44. The molecule has 1 fully saturated rings. The van der Waals surface area contributed by atoms with Gasteiger partial charge in [-0.05, 0) is 44.0 Å². The molecule has 0 radical (unpaired) electrons. The van der Waals surface area contributed by atoms with Crippen LogP contribution in [0, 0.1) is 20.8 Å². The number of allylic oxidation sites excluding steroid dienone is 1. The number of aryl methyl sites for hydroxylation is 3. The summed E-state index contributed by atoms with van der Waals surface area (Å²) in [6.07, 6.45) is 2.38. The van der Waals surface area contributed by atoms with Crippen molar-refractivity contribution < 1.29 is 4.79 Å². The first kappa shape index (κ1) is 17.5. The number of imidazole rings is 1. The smallest absolute Gasteiger partial charge is 0.227 e. The number of aromatic nitrogens is 2. The van der Waals surface area contributed by atoms with Gasteiger partial charge in [-0.2, -0.15) is 0 Å². The number of nitrogens with zero attached hydrogens (tertiary/aromatic N) is 3. The summed E-state index contributed by atoms with van der Waals surface area (Å²) >= 11 is 0. The van der Waals surface area contributed by atoms with Crippen LogP contribution in [0.25, 0.3) is 11.0 Å². The summed E-state index contributed by atoms with van der Waals surface area (Å²) in [6.45, 7) is 11.5. The number of rotatable bonds is 4. The van der Waals surface area contributed by atoms with E-state index >= 15 is 0 Å². The van der Waals surface area contributed by atoms with Gasteiger partial charge in [0, 0.05) is 31.1 Å². The fourth-order valence-corrected chi connectivity index (χ4v) is 4.42. The summed E-state index contributed by atoms with van der Waals surface area (Å²) in [5, 5.41) is 0. The van der Waals surface area contributed by atoms with Crippen molar-refractivity contribution in [1.29, 1.82) is 0 Å². The second kappa shape index (κ2) is 6.69. The summed E-state index contributed by atoms with van der Waals surface area (Å²) in [7, 11) is 0. The molecule has 0 N–H and O–H groups in total. The third-order valence-corrected chi connectivity index (χ3v) is 5.39. The van der Waals surface area contributed by atoms with E-state index in [1.54, 1.807) is 0 Å². The Balaban J connectivity index is 1.74. The number of hydrogen-bond donors (Lipinski definition) is 0. The van der Waals surface area contributed by atoms with Gasteiger partial charge in [0.2, 0.25) is 5.91 Å². The predicted octanol–water partition coefficient (Wildman–Crippen LogP) is 4.67. The Morgan fingerprint density at radius 2 is 1.89 bits per heavy atom. The van der Waals surface area contributed by atoms with Crippen LogP contribution in [0.2, 0.25) is 0 Å². The Labute approximate surface area is 160 Å². The average Bonchev–Trinajstić information content (AvgIpc) is 3.16. The van der Waals surface area contributed by atoms with Crippen LogP contribution in [0.1, 0.15) is 34.9 Å². The van der Waals surface area contributed by atoms with Crippen molar-refractivity contribution in [2.45, 2.75) is 39.7 Å². The van der Waals surface area contributed by atoms with Gasteiger partial charge in [0.15, 0.2) is 0 Å². The SMILES string of the molecule is C=CCn1c([C@H]2CC(=O)N(c3c(C)cc(C)cc3C)C2)nc2ccccc21. The van der Waals surface area contributed by atoms with Crippen molar-refractivity contribution >= 4 is 22.6 Å². The summed E-state index contributed by atoms with van der Waals surface area (Å²) < 4.78 is 2.19. The van der Waals surface area contributed by atoms with Crippen LogP contribution in [-0.2, 0) is 11.3 Å². The lowest BCUT2D eigenvalue weighted by Gasteiger charge is -2.22. The van der Waals surface area contributed by atoms with Crippen molar-refractivity contribution in [1.82, 2.24) is 9.55 Å². The van der Waals surface area contributed by atoms with E-state index < -0.39 is 0 Å². The van der Waals surface area contributed by atoms with Gasteiger partial charge in [-0.1, -0.05) is 35.9 Å². The number of carbonyl (C=O) groups excluding carboxylic acids is 1. The molecule has 1 amide bonds. The third-order valence-electron chi connectivity index (χ3n) is 5.39. The average molecular weight is 359 g/mol. The highest BCUT2D eigenvalue weighted by Gasteiger charge is 2.35. The number of benzene rings is 2. The lowest BCUT2D eigenvalue weighted by molar-refractivity contribution is -0.117. The van der Waals surface area contributed by atoms with Gasteiger partial charge in [0.25, 0.3) is 0 Å². The molecule has 4 rings (SSSR count). The van der Waals surface area contributed by atoms with Crippen molar-refractivity contribution in [3.8, 4) is 0 Å². The third kappa shape index (κ3) is 2.95. The first-order chi connectivity index (χ1) is 13.0. The topological polar surface area (TPSA) is 38.1 Å². The van der Waals surface area contributed by atoms with E-state index in [0.717, 1.165) is 33.7 Å². The monoisotopic (exact) mass is 359 g/mol. The van der Waals surface area contributed by atoms with Gasteiger partial charge in [0.05, 0.1) is 11.0 Å². The van der Waals surface area contributed by atoms with Crippen LogP contribution in [0.4, 0.5) is 5.69 Å². The molecule has 27 heavy (non-hydrogen) atoms. The highest BCUT2D eigenvalue weighted by molar-refractivity contribution is 5.98. The standard InChI is InChI=1S/C23H25N3O/c1-5-10-25-20-9-7-6-8-19(20)24-23(25)18-13-21(27)26(14-18)22-16(3)11-15(2)12-17(22)4/h5-9,11-12,18H,1,10,13-14H2,2-4H3/t18-/m0/s1. The highest BCUT2D eigenvalue weighted by atomic mass is 16.2. The second-order valence-electron chi connectivity index (χ2n) is 7.51. The van der Waals surface area contributed by atoms with Crippen LogP contribution >= 0.6 is 0 Å². The minimum Gasteiger partial charge on any atom is -0.324 e. The number of para-hydroxylation sites is 2. The number of hydrogen-bond acceptors (Lipinski definition) is 2. The molecular formula is C23H25N3O. The van der Waals surface area contributed by atoms with Crippen molar-refractivity contribution in [3.63, 3.8) is 0 Å². The molecule has 1 saturated heterocycles. The van der Waals surface area contributed by atoms with Crippen molar-refractivity contribution in [2.75, 3.05) is 11.4 Å². The van der Waals surface area contributed by atoms with Gasteiger partial charge >= 0.3 is 0 Å². The Morgan fingerprint density at radius 1 is 1.19 bits per heavy atom. The molecular weight excluding hydrogens is 334 g/mol. The maximum absolute atomic E-state index is 12.9. The quantitative estimate of drug-likeness (QED) is 0.635. The van der Waals surface area contributed by atoms with Gasteiger partial charge in [-0.25, -0.2) is 4.98 Å². The second-order valence-corrected chi connectivity index (χ2v) is 7.51. The molecule has 0 aliphatic carbocycles. The van der Waals surface area contributed by atoms with Crippen LogP contribution in [0.3, 0.4) is 0 Å². The number of anilines is 1. The lowest BCUT2D eigenvalue weighted by atomic mass is 10.0. The molecule has 2 aromatic carbocycles. The molecule has 138 valence electrons. The number of carbonyl (C=O) groups is 1. The molecule has 0 spiro atoms. The Morgan fingerprint density at radius 3 is 2.59 bits per heavy atom. The fraction of sp³-hybridized carbons (Fsp3) is 0.304. The Hall–Kier alpha value is -2.88. The van der Waals surface area contributed by atoms with E-state index in [0.29, 0.717) is 19.5 Å². The molecule has 0 bridgehead atoms. The Kier molecular flexibility index (Phi) is 4.34. The first-order valence-corrected chi connectivity index (χ1v) is 9.44. The maximum Gasteiger partial charge on any atom is 0.227 e. The van der Waals surface area contributed by atoms with Crippen LogP contribution in [0.15, 0.2) is 49.1 Å².